The zero-order valence-electron chi connectivity index (χ0n) is 17.1. The lowest BCUT2D eigenvalue weighted by Gasteiger charge is -2.22. The normalized spacial score (nSPS) is 19.8. The molecular weight excluding hydrogens is 408 g/mol. The molecule has 0 unspecified atom stereocenters. The number of fused-ring (bicyclic) bond motifs is 1. The first kappa shape index (κ1) is 19.6. The number of hydrazone groups is 1. The smallest absolute Gasteiger partial charge is 0.269 e. The molecule has 2 atom stereocenters. The van der Waals surface area contributed by atoms with Crippen LogP contribution < -0.4 is 9.91 Å². The van der Waals surface area contributed by atoms with Gasteiger partial charge >= 0.3 is 0 Å². The highest BCUT2D eigenvalue weighted by atomic mass is 16.6. The summed E-state index contributed by atoms with van der Waals surface area (Å²) in [4.78, 5) is 38.8. The number of carbonyl (C=O) groups excluding carboxylic acids is 2. The van der Waals surface area contributed by atoms with Crippen molar-refractivity contribution in [1.29, 1.82) is 0 Å². The van der Waals surface area contributed by atoms with Crippen molar-refractivity contribution in [3.63, 3.8) is 0 Å². The minimum atomic E-state index is -0.823. The Morgan fingerprint density at radius 1 is 0.844 bits per heavy atom. The molecule has 8 heteroatoms. The summed E-state index contributed by atoms with van der Waals surface area (Å²) in [6.45, 7) is 1.93. The molecule has 2 heterocycles. The Bertz CT molecular complexity index is 1250. The number of nitrogens with zero attached hydrogens (tertiary/aromatic N) is 4. The zero-order chi connectivity index (χ0) is 22.4. The molecule has 0 radical (unpaired) electrons. The van der Waals surface area contributed by atoms with Crippen LogP contribution >= 0.6 is 0 Å². The van der Waals surface area contributed by atoms with Crippen LogP contribution in [0.5, 0.6) is 0 Å². The number of anilines is 2. The fraction of sp³-hybridized carbons (Fsp3) is 0.125. The van der Waals surface area contributed by atoms with Crippen LogP contribution in [0.1, 0.15) is 11.1 Å². The zero-order valence-corrected chi connectivity index (χ0v) is 17.1. The Hall–Kier alpha value is -4.33. The topological polar surface area (TPSA) is 96.1 Å². The number of nitro groups is 1. The van der Waals surface area contributed by atoms with Crippen LogP contribution in [0.2, 0.25) is 0 Å². The van der Waals surface area contributed by atoms with E-state index in [9.17, 15) is 19.7 Å². The maximum atomic E-state index is 13.5. The van der Waals surface area contributed by atoms with Gasteiger partial charge in [0.05, 0.1) is 22.0 Å². The van der Waals surface area contributed by atoms with Crippen molar-refractivity contribution >= 4 is 34.6 Å². The van der Waals surface area contributed by atoms with E-state index < -0.39 is 16.9 Å². The molecule has 0 aliphatic carbocycles. The van der Waals surface area contributed by atoms with Gasteiger partial charge in [0.2, 0.25) is 5.91 Å². The van der Waals surface area contributed by atoms with E-state index in [0.717, 1.165) is 5.56 Å². The van der Waals surface area contributed by atoms with Gasteiger partial charge in [-0.05, 0) is 48.9 Å². The van der Waals surface area contributed by atoms with E-state index in [2.05, 4.69) is 5.10 Å². The monoisotopic (exact) mass is 426 g/mol. The lowest BCUT2D eigenvalue weighted by molar-refractivity contribution is -0.384. The molecule has 0 spiro atoms. The lowest BCUT2D eigenvalue weighted by Crippen LogP contribution is -2.39. The van der Waals surface area contributed by atoms with Gasteiger partial charge in [0.1, 0.15) is 12.0 Å². The van der Waals surface area contributed by atoms with Crippen molar-refractivity contribution in [3.05, 3.63) is 100 Å². The van der Waals surface area contributed by atoms with Crippen molar-refractivity contribution in [2.45, 2.75) is 13.0 Å². The third kappa shape index (κ3) is 3.04. The third-order valence-electron chi connectivity index (χ3n) is 5.74. The summed E-state index contributed by atoms with van der Waals surface area (Å²) in [6.07, 6.45) is 0. The maximum Gasteiger partial charge on any atom is 0.269 e. The summed E-state index contributed by atoms with van der Waals surface area (Å²) in [7, 11) is 0. The molecule has 5 rings (SSSR count). The van der Waals surface area contributed by atoms with Crippen LogP contribution in [0, 0.1) is 23.0 Å². The van der Waals surface area contributed by atoms with Crippen LogP contribution in [0.4, 0.5) is 17.1 Å². The maximum absolute atomic E-state index is 13.5. The lowest BCUT2D eigenvalue weighted by atomic mass is 9.92. The Kier molecular flexibility index (Phi) is 4.55. The number of hydrogen-bond acceptors (Lipinski definition) is 6. The Balaban J connectivity index is 1.61. The van der Waals surface area contributed by atoms with Gasteiger partial charge in [0, 0.05) is 12.1 Å². The van der Waals surface area contributed by atoms with Crippen molar-refractivity contribution < 1.29 is 14.5 Å². The van der Waals surface area contributed by atoms with Gasteiger partial charge in [-0.3, -0.25) is 24.7 Å². The van der Waals surface area contributed by atoms with Gasteiger partial charge in [0.15, 0.2) is 0 Å². The Morgan fingerprint density at radius 2 is 1.50 bits per heavy atom. The van der Waals surface area contributed by atoms with E-state index in [-0.39, 0.29) is 17.5 Å². The molecule has 3 aromatic rings. The van der Waals surface area contributed by atoms with Crippen molar-refractivity contribution in [2.75, 3.05) is 9.91 Å². The molecule has 0 bridgehead atoms. The first-order valence-electron chi connectivity index (χ1n) is 10.1. The average Bonchev–Trinajstić information content (AvgIpc) is 3.32. The van der Waals surface area contributed by atoms with Crippen molar-refractivity contribution in [1.82, 2.24) is 0 Å². The first-order valence-corrected chi connectivity index (χ1v) is 10.1. The number of para-hydroxylation sites is 1. The van der Waals surface area contributed by atoms with E-state index in [1.807, 2.05) is 49.4 Å². The molecule has 158 valence electrons. The number of non-ortho nitro benzene ring substituents is 1. The summed E-state index contributed by atoms with van der Waals surface area (Å²) in [6, 6.07) is 21.4. The third-order valence-corrected chi connectivity index (χ3v) is 5.74. The van der Waals surface area contributed by atoms with E-state index in [0.29, 0.717) is 22.6 Å². The van der Waals surface area contributed by atoms with Gasteiger partial charge in [0.25, 0.3) is 11.6 Å². The van der Waals surface area contributed by atoms with Crippen LogP contribution in [0.15, 0.2) is 84.0 Å². The largest absolute Gasteiger partial charge is 0.273 e. The molecule has 2 aliphatic rings. The quantitative estimate of drug-likeness (QED) is 0.360. The van der Waals surface area contributed by atoms with Gasteiger partial charge < -0.3 is 0 Å². The van der Waals surface area contributed by atoms with Crippen LogP contribution in [0.3, 0.4) is 0 Å². The van der Waals surface area contributed by atoms with Gasteiger partial charge in [-0.25, -0.2) is 4.90 Å². The summed E-state index contributed by atoms with van der Waals surface area (Å²) in [5.41, 5.74) is 3.14. The summed E-state index contributed by atoms with van der Waals surface area (Å²) in [5.74, 6) is -1.53. The van der Waals surface area contributed by atoms with E-state index in [1.54, 1.807) is 29.3 Å². The molecule has 3 aromatic carbocycles. The van der Waals surface area contributed by atoms with Crippen molar-refractivity contribution in [2.24, 2.45) is 11.0 Å². The number of imide groups is 1. The summed E-state index contributed by atoms with van der Waals surface area (Å²) >= 11 is 0. The fourth-order valence-electron chi connectivity index (χ4n) is 4.15. The molecule has 2 amide bonds. The molecule has 0 saturated carbocycles. The van der Waals surface area contributed by atoms with E-state index in [4.69, 9.17) is 0 Å². The highest BCUT2D eigenvalue weighted by Crippen LogP contribution is 2.39. The van der Waals surface area contributed by atoms with Crippen molar-refractivity contribution in [3.8, 4) is 0 Å². The highest BCUT2D eigenvalue weighted by Gasteiger charge is 2.57. The molecule has 8 nitrogen and oxygen atoms in total. The number of amides is 2. The number of rotatable bonds is 4. The second-order valence-corrected chi connectivity index (χ2v) is 7.74. The Labute approximate surface area is 183 Å². The van der Waals surface area contributed by atoms with Crippen LogP contribution in [-0.4, -0.2) is 28.5 Å². The number of nitro benzene ring substituents is 1. The minimum Gasteiger partial charge on any atom is -0.273 e. The predicted octanol–water partition coefficient (Wildman–Crippen LogP) is 3.69. The second-order valence-electron chi connectivity index (χ2n) is 7.74. The molecule has 0 aromatic heterocycles. The number of benzene rings is 3. The number of hydrogen-bond donors (Lipinski definition) is 0. The first-order chi connectivity index (χ1) is 15.5. The van der Waals surface area contributed by atoms with E-state index >= 15 is 0 Å². The standard InChI is InChI=1S/C24H18N4O4/c1-15-7-11-17(12-8-15)26-23(29)20-21(16-9-13-19(14-10-16)28(31)32)25-27(22(20)24(26)30)18-5-3-2-4-6-18/h2-14,20,22H,1H3/t20-,22-/m1/s1. The molecular formula is C24H18N4O4. The highest BCUT2D eigenvalue weighted by molar-refractivity contribution is 6.34. The molecule has 1 fully saturated rings. The SMILES string of the molecule is Cc1ccc(N2C(=O)[C@@H]3C(c4ccc([N+](=O)[O-])cc4)=NN(c4ccccc4)[C@H]3C2=O)cc1. The Morgan fingerprint density at radius 3 is 2.12 bits per heavy atom. The number of carbonyl (C=O) groups is 2. The second kappa shape index (κ2) is 7.42. The number of aryl methyl sites for hydroxylation is 1. The van der Waals surface area contributed by atoms with Gasteiger partial charge in [-0.2, -0.15) is 5.10 Å². The molecule has 1 saturated heterocycles. The van der Waals surface area contributed by atoms with Crippen LogP contribution in [-0.2, 0) is 9.59 Å². The molecule has 2 aliphatic heterocycles. The summed E-state index contributed by atoms with van der Waals surface area (Å²) < 4.78 is 0. The van der Waals surface area contributed by atoms with Crippen LogP contribution in [0.25, 0.3) is 0 Å². The fourth-order valence-corrected chi connectivity index (χ4v) is 4.15. The molecule has 32 heavy (non-hydrogen) atoms. The minimum absolute atomic E-state index is 0.0566. The average molecular weight is 426 g/mol. The summed E-state index contributed by atoms with van der Waals surface area (Å²) in [5, 5.41) is 17.3. The van der Waals surface area contributed by atoms with E-state index in [1.165, 1.54) is 17.0 Å². The predicted molar refractivity (Wildman–Crippen MR) is 120 cm³/mol. The molecule has 0 N–H and O–H groups in total. The van der Waals surface area contributed by atoms with Gasteiger partial charge in [-0.1, -0.05) is 35.9 Å². The van der Waals surface area contributed by atoms with Gasteiger partial charge in [-0.15, -0.1) is 0 Å².